The van der Waals surface area contributed by atoms with Crippen molar-refractivity contribution in [1.82, 2.24) is 0 Å². The summed E-state index contributed by atoms with van der Waals surface area (Å²) in [5.74, 6) is 0.949. The Morgan fingerprint density at radius 2 is 1.59 bits per heavy atom. The van der Waals surface area contributed by atoms with E-state index in [2.05, 4.69) is 5.32 Å². The van der Waals surface area contributed by atoms with Gasteiger partial charge in [-0.2, -0.15) is 0 Å². The average Bonchev–Trinajstić information content (AvgIpc) is 2.69. The van der Waals surface area contributed by atoms with E-state index in [1.165, 1.54) is 0 Å². The van der Waals surface area contributed by atoms with E-state index in [0.29, 0.717) is 23.7 Å². The Morgan fingerprint density at radius 1 is 0.889 bits per heavy atom. The van der Waals surface area contributed by atoms with Crippen molar-refractivity contribution in [3.05, 3.63) is 89.0 Å². The summed E-state index contributed by atoms with van der Waals surface area (Å²) >= 11 is 0. The number of nitrogens with one attached hydrogen (secondary N) is 1. The molecule has 27 heavy (non-hydrogen) atoms. The van der Waals surface area contributed by atoms with Crippen molar-refractivity contribution >= 4 is 11.6 Å². The minimum absolute atomic E-state index is 0.180. The molecule has 1 amide bonds. The molecule has 0 fully saturated rings. The summed E-state index contributed by atoms with van der Waals surface area (Å²) in [6.07, 6.45) is 0. The molecule has 0 saturated carbocycles. The molecule has 4 heteroatoms. The van der Waals surface area contributed by atoms with Gasteiger partial charge in [0.25, 0.3) is 5.91 Å². The number of ether oxygens (including phenoxy) is 2. The summed E-state index contributed by atoms with van der Waals surface area (Å²) in [5.41, 5.74) is 4.47. The Bertz CT molecular complexity index is 915. The summed E-state index contributed by atoms with van der Waals surface area (Å²) in [7, 11) is 1.57. The van der Waals surface area contributed by atoms with Crippen molar-refractivity contribution < 1.29 is 14.3 Å². The predicted octanol–water partition coefficient (Wildman–Crippen LogP) is 5.14. The lowest BCUT2D eigenvalue weighted by molar-refractivity contribution is 0.102. The Hall–Kier alpha value is -3.27. The highest BCUT2D eigenvalue weighted by Crippen LogP contribution is 2.29. The van der Waals surface area contributed by atoms with Crippen molar-refractivity contribution in [2.45, 2.75) is 20.5 Å². The third kappa shape index (κ3) is 4.47. The maximum atomic E-state index is 12.7. The van der Waals surface area contributed by atoms with Crippen LogP contribution >= 0.6 is 0 Å². The van der Waals surface area contributed by atoms with Crippen LogP contribution in [0.3, 0.4) is 0 Å². The van der Waals surface area contributed by atoms with E-state index in [1.54, 1.807) is 25.3 Å². The third-order valence-corrected chi connectivity index (χ3v) is 4.38. The van der Waals surface area contributed by atoms with Crippen LogP contribution in [-0.4, -0.2) is 13.0 Å². The Kier molecular flexibility index (Phi) is 5.77. The molecule has 3 aromatic carbocycles. The number of carbonyl (C=O) groups excluding carboxylic acids is 1. The van der Waals surface area contributed by atoms with Crippen molar-refractivity contribution in [2.24, 2.45) is 0 Å². The van der Waals surface area contributed by atoms with Gasteiger partial charge in [-0.15, -0.1) is 0 Å². The molecule has 138 valence electrons. The monoisotopic (exact) mass is 361 g/mol. The Labute approximate surface area is 159 Å². The van der Waals surface area contributed by atoms with Crippen LogP contribution in [0.25, 0.3) is 0 Å². The summed E-state index contributed by atoms with van der Waals surface area (Å²) in [5, 5.41) is 2.99. The number of carbonyl (C=O) groups is 1. The maximum absolute atomic E-state index is 12.7. The molecule has 3 rings (SSSR count). The quantitative estimate of drug-likeness (QED) is 0.661. The second-order valence-corrected chi connectivity index (χ2v) is 6.36. The van der Waals surface area contributed by atoms with E-state index in [9.17, 15) is 4.79 Å². The molecule has 0 radical (unpaired) electrons. The number of methoxy groups -OCH3 is 1. The summed E-state index contributed by atoms with van der Waals surface area (Å²) in [6, 6.07) is 21.0. The average molecular weight is 361 g/mol. The maximum Gasteiger partial charge on any atom is 0.255 e. The van der Waals surface area contributed by atoms with Gasteiger partial charge in [-0.25, -0.2) is 0 Å². The standard InChI is InChI=1S/C23H23NO3/c1-16-8-7-9-17(2)22(16)24-23(25)19-12-13-20(21(14-19)26-3)27-15-18-10-5-4-6-11-18/h4-14H,15H2,1-3H3,(H,24,25). The van der Waals surface area contributed by atoms with Crippen LogP contribution in [0, 0.1) is 13.8 Å². The van der Waals surface area contributed by atoms with Crippen LogP contribution in [0.2, 0.25) is 0 Å². The van der Waals surface area contributed by atoms with Crippen molar-refractivity contribution in [3.8, 4) is 11.5 Å². The first kappa shape index (κ1) is 18.5. The van der Waals surface area contributed by atoms with Gasteiger partial charge in [-0.3, -0.25) is 4.79 Å². The van der Waals surface area contributed by atoms with Crippen LogP contribution < -0.4 is 14.8 Å². The fraction of sp³-hybridized carbons (Fsp3) is 0.174. The van der Waals surface area contributed by atoms with Gasteiger partial charge in [0.05, 0.1) is 7.11 Å². The number of rotatable bonds is 6. The summed E-state index contributed by atoms with van der Waals surface area (Å²) in [6.45, 7) is 4.39. The van der Waals surface area contributed by atoms with Crippen LogP contribution in [0.5, 0.6) is 11.5 Å². The number of para-hydroxylation sites is 1. The number of amides is 1. The fourth-order valence-electron chi connectivity index (χ4n) is 2.86. The zero-order chi connectivity index (χ0) is 19.2. The van der Waals surface area contributed by atoms with Crippen molar-refractivity contribution in [2.75, 3.05) is 12.4 Å². The highest BCUT2D eigenvalue weighted by molar-refractivity contribution is 6.05. The van der Waals surface area contributed by atoms with E-state index in [-0.39, 0.29) is 5.91 Å². The number of aryl methyl sites for hydroxylation is 2. The molecule has 0 aromatic heterocycles. The lowest BCUT2D eigenvalue weighted by Gasteiger charge is -2.14. The van der Waals surface area contributed by atoms with Gasteiger partial charge >= 0.3 is 0 Å². The molecule has 0 aliphatic carbocycles. The van der Waals surface area contributed by atoms with E-state index < -0.39 is 0 Å². The molecule has 0 bridgehead atoms. The lowest BCUT2D eigenvalue weighted by Crippen LogP contribution is -2.14. The molecule has 0 saturated heterocycles. The molecular weight excluding hydrogens is 338 g/mol. The smallest absolute Gasteiger partial charge is 0.255 e. The number of benzene rings is 3. The van der Waals surface area contributed by atoms with E-state index in [1.807, 2.05) is 62.4 Å². The summed E-state index contributed by atoms with van der Waals surface area (Å²) < 4.78 is 11.3. The minimum Gasteiger partial charge on any atom is -0.493 e. The van der Waals surface area contributed by atoms with Crippen LogP contribution in [-0.2, 0) is 6.61 Å². The zero-order valence-corrected chi connectivity index (χ0v) is 15.8. The van der Waals surface area contributed by atoms with Gasteiger partial charge < -0.3 is 14.8 Å². The van der Waals surface area contributed by atoms with Gasteiger partial charge in [0.2, 0.25) is 0 Å². The fourth-order valence-corrected chi connectivity index (χ4v) is 2.86. The SMILES string of the molecule is COc1cc(C(=O)Nc2c(C)cccc2C)ccc1OCc1ccccc1. The van der Waals surface area contributed by atoms with Crippen LogP contribution in [0.15, 0.2) is 66.7 Å². The van der Waals surface area contributed by atoms with E-state index in [0.717, 1.165) is 22.4 Å². The molecule has 1 N–H and O–H groups in total. The van der Waals surface area contributed by atoms with Gasteiger partial charge in [-0.05, 0) is 48.7 Å². The first-order valence-electron chi connectivity index (χ1n) is 8.81. The topological polar surface area (TPSA) is 47.6 Å². The highest BCUT2D eigenvalue weighted by Gasteiger charge is 2.13. The third-order valence-electron chi connectivity index (χ3n) is 4.38. The molecular formula is C23H23NO3. The van der Waals surface area contributed by atoms with E-state index in [4.69, 9.17) is 9.47 Å². The van der Waals surface area contributed by atoms with E-state index >= 15 is 0 Å². The first-order valence-corrected chi connectivity index (χ1v) is 8.81. The molecule has 0 aliphatic rings. The normalized spacial score (nSPS) is 10.3. The van der Waals surface area contributed by atoms with Crippen LogP contribution in [0.4, 0.5) is 5.69 Å². The number of anilines is 1. The van der Waals surface area contributed by atoms with Gasteiger partial charge in [-0.1, -0.05) is 48.5 Å². The molecule has 0 spiro atoms. The Morgan fingerprint density at radius 3 is 2.26 bits per heavy atom. The molecule has 0 heterocycles. The molecule has 0 aliphatic heterocycles. The second-order valence-electron chi connectivity index (χ2n) is 6.36. The molecule has 0 atom stereocenters. The molecule has 3 aromatic rings. The highest BCUT2D eigenvalue weighted by atomic mass is 16.5. The van der Waals surface area contributed by atoms with Gasteiger partial charge in [0.15, 0.2) is 11.5 Å². The lowest BCUT2D eigenvalue weighted by atomic mass is 10.1. The first-order chi connectivity index (χ1) is 13.1. The largest absolute Gasteiger partial charge is 0.493 e. The minimum atomic E-state index is -0.180. The van der Waals surface area contributed by atoms with Crippen LogP contribution in [0.1, 0.15) is 27.0 Å². The summed E-state index contributed by atoms with van der Waals surface area (Å²) in [4.78, 5) is 12.7. The molecule has 4 nitrogen and oxygen atoms in total. The van der Waals surface area contributed by atoms with Crippen molar-refractivity contribution in [3.63, 3.8) is 0 Å². The van der Waals surface area contributed by atoms with Gasteiger partial charge in [0, 0.05) is 11.3 Å². The van der Waals surface area contributed by atoms with Gasteiger partial charge in [0.1, 0.15) is 6.61 Å². The second kappa shape index (κ2) is 8.41. The van der Waals surface area contributed by atoms with Crippen molar-refractivity contribution in [1.29, 1.82) is 0 Å². The number of hydrogen-bond acceptors (Lipinski definition) is 3. The zero-order valence-electron chi connectivity index (χ0n) is 15.8. The number of hydrogen-bond donors (Lipinski definition) is 1. The molecule has 0 unspecified atom stereocenters. The Balaban J connectivity index is 1.76. The predicted molar refractivity (Wildman–Crippen MR) is 108 cm³/mol.